The summed E-state index contributed by atoms with van der Waals surface area (Å²) in [5, 5.41) is 8.61. The van der Waals surface area contributed by atoms with Gasteiger partial charge in [-0.2, -0.15) is 0 Å². The highest BCUT2D eigenvalue weighted by Crippen LogP contribution is 2.09. The summed E-state index contributed by atoms with van der Waals surface area (Å²) in [6.07, 6.45) is 0. The Bertz CT molecular complexity index is 384. The van der Waals surface area contributed by atoms with E-state index in [9.17, 15) is 0 Å². The van der Waals surface area contributed by atoms with Crippen molar-refractivity contribution in [2.45, 2.75) is 33.4 Å². The average Bonchev–Trinajstić information content (AvgIpc) is 2.34. The van der Waals surface area contributed by atoms with Gasteiger partial charge in [0.1, 0.15) is 6.61 Å². The molecule has 92 valence electrons. The van der Waals surface area contributed by atoms with Crippen LogP contribution in [0.3, 0.4) is 0 Å². The van der Waals surface area contributed by atoms with E-state index < -0.39 is 0 Å². The molecule has 0 atom stereocenters. The first kappa shape index (κ1) is 13.8. The third-order valence-electron chi connectivity index (χ3n) is 2.79. The van der Waals surface area contributed by atoms with E-state index in [1.165, 1.54) is 5.56 Å². The van der Waals surface area contributed by atoms with E-state index in [1.54, 1.807) is 0 Å². The minimum atomic E-state index is -0.0846. The molecule has 0 amide bonds. The van der Waals surface area contributed by atoms with E-state index in [1.807, 2.05) is 12.1 Å². The van der Waals surface area contributed by atoms with Crippen LogP contribution in [0.2, 0.25) is 0 Å². The Labute approximate surface area is 104 Å². The largest absolute Gasteiger partial charge is 0.384 e. The Hall–Kier alpha value is -1.30. The fourth-order valence-electron chi connectivity index (χ4n) is 1.73. The van der Waals surface area contributed by atoms with Gasteiger partial charge >= 0.3 is 0 Å². The summed E-state index contributed by atoms with van der Waals surface area (Å²) in [5.41, 5.74) is 2.26. The van der Waals surface area contributed by atoms with Crippen LogP contribution in [0.5, 0.6) is 0 Å². The van der Waals surface area contributed by atoms with Crippen LogP contribution in [0.4, 0.5) is 0 Å². The third kappa shape index (κ3) is 4.60. The van der Waals surface area contributed by atoms with Crippen LogP contribution < -0.4 is 0 Å². The Kier molecular flexibility index (Phi) is 5.76. The van der Waals surface area contributed by atoms with Crippen LogP contribution in [-0.2, 0) is 6.54 Å². The van der Waals surface area contributed by atoms with E-state index in [-0.39, 0.29) is 6.61 Å². The van der Waals surface area contributed by atoms with E-state index in [0.717, 1.165) is 18.7 Å². The summed E-state index contributed by atoms with van der Waals surface area (Å²) >= 11 is 0. The topological polar surface area (TPSA) is 23.5 Å². The van der Waals surface area contributed by atoms with Crippen molar-refractivity contribution < 1.29 is 5.11 Å². The van der Waals surface area contributed by atoms with Gasteiger partial charge in [-0.15, -0.1) is 0 Å². The lowest BCUT2D eigenvalue weighted by molar-refractivity contribution is 0.225. The molecule has 17 heavy (non-hydrogen) atoms. The van der Waals surface area contributed by atoms with E-state index >= 15 is 0 Å². The van der Waals surface area contributed by atoms with Gasteiger partial charge in [-0.05, 0) is 38.1 Å². The lowest BCUT2D eigenvalue weighted by Crippen LogP contribution is -2.29. The first-order chi connectivity index (χ1) is 8.17. The Morgan fingerprint density at radius 2 is 1.88 bits per heavy atom. The zero-order valence-corrected chi connectivity index (χ0v) is 10.9. The van der Waals surface area contributed by atoms with E-state index in [2.05, 4.69) is 49.6 Å². The fraction of sp³-hybridized carbons (Fsp3) is 0.467. The number of aliphatic hydroxyl groups excluding tert-OH is 1. The van der Waals surface area contributed by atoms with Crippen LogP contribution in [0.25, 0.3) is 0 Å². The first-order valence-electron chi connectivity index (χ1n) is 6.10. The normalized spacial score (nSPS) is 10.5. The van der Waals surface area contributed by atoms with Gasteiger partial charge in [-0.1, -0.05) is 30.9 Å². The molecule has 0 aliphatic carbocycles. The molecule has 0 saturated heterocycles. The third-order valence-corrected chi connectivity index (χ3v) is 2.79. The number of nitrogens with zero attached hydrogens (tertiary/aromatic N) is 1. The molecule has 0 bridgehead atoms. The molecular formula is C15H21NO. The minimum absolute atomic E-state index is 0.0846. The zero-order chi connectivity index (χ0) is 12.7. The predicted octanol–water partition coefficient (Wildman–Crippen LogP) is 2.26. The SMILES string of the molecule is CCN(Cc1ccc(C#CCO)cc1)C(C)C. The highest BCUT2D eigenvalue weighted by molar-refractivity contribution is 5.36. The van der Waals surface area contributed by atoms with Crippen LogP contribution in [0, 0.1) is 11.8 Å². The predicted molar refractivity (Wildman–Crippen MR) is 71.6 cm³/mol. The molecule has 0 heterocycles. The molecule has 2 heteroatoms. The minimum Gasteiger partial charge on any atom is -0.384 e. The van der Waals surface area contributed by atoms with Crippen molar-refractivity contribution >= 4 is 0 Å². The van der Waals surface area contributed by atoms with Crippen molar-refractivity contribution in [3.8, 4) is 11.8 Å². The molecule has 0 saturated carbocycles. The quantitative estimate of drug-likeness (QED) is 0.803. The van der Waals surface area contributed by atoms with Gasteiger partial charge in [0.05, 0.1) is 0 Å². The van der Waals surface area contributed by atoms with E-state index in [4.69, 9.17) is 5.11 Å². The fourth-order valence-corrected chi connectivity index (χ4v) is 1.73. The van der Waals surface area contributed by atoms with Gasteiger partial charge < -0.3 is 5.11 Å². The van der Waals surface area contributed by atoms with E-state index in [0.29, 0.717) is 6.04 Å². The van der Waals surface area contributed by atoms with Gasteiger partial charge in [0, 0.05) is 18.2 Å². The monoisotopic (exact) mass is 231 g/mol. The molecule has 0 aliphatic heterocycles. The lowest BCUT2D eigenvalue weighted by Gasteiger charge is -2.24. The van der Waals surface area contributed by atoms with Gasteiger partial charge in [0.25, 0.3) is 0 Å². The summed E-state index contributed by atoms with van der Waals surface area (Å²) in [6, 6.07) is 8.78. The van der Waals surface area contributed by atoms with Crippen molar-refractivity contribution in [2.75, 3.05) is 13.2 Å². The van der Waals surface area contributed by atoms with Crippen molar-refractivity contribution in [1.29, 1.82) is 0 Å². The molecule has 0 fully saturated rings. The average molecular weight is 231 g/mol. The Morgan fingerprint density at radius 3 is 2.35 bits per heavy atom. The summed E-state index contributed by atoms with van der Waals surface area (Å²) in [7, 11) is 0. The molecule has 1 aromatic carbocycles. The lowest BCUT2D eigenvalue weighted by atomic mass is 10.1. The second kappa shape index (κ2) is 7.11. The molecule has 0 spiro atoms. The molecule has 1 aromatic rings. The summed E-state index contributed by atoms with van der Waals surface area (Å²) in [5.74, 6) is 5.55. The van der Waals surface area contributed by atoms with Crippen LogP contribution in [0.15, 0.2) is 24.3 Å². The highest BCUT2D eigenvalue weighted by atomic mass is 16.2. The van der Waals surface area contributed by atoms with Crippen LogP contribution in [0.1, 0.15) is 31.9 Å². The Balaban J connectivity index is 2.67. The number of benzene rings is 1. The number of hydrogen-bond acceptors (Lipinski definition) is 2. The van der Waals surface area contributed by atoms with Crippen LogP contribution >= 0.6 is 0 Å². The van der Waals surface area contributed by atoms with Crippen molar-refractivity contribution in [3.05, 3.63) is 35.4 Å². The van der Waals surface area contributed by atoms with Gasteiger partial charge in [0.15, 0.2) is 0 Å². The van der Waals surface area contributed by atoms with Crippen molar-refractivity contribution in [3.63, 3.8) is 0 Å². The molecule has 0 radical (unpaired) electrons. The second-order valence-corrected chi connectivity index (χ2v) is 4.31. The maximum atomic E-state index is 8.61. The van der Waals surface area contributed by atoms with Crippen molar-refractivity contribution in [2.24, 2.45) is 0 Å². The first-order valence-corrected chi connectivity index (χ1v) is 6.10. The van der Waals surface area contributed by atoms with Gasteiger partial charge in [-0.3, -0.25) is 4.90 Å². The molecule has 0 unspecified atom stereocenters. The highest BCUT2D eigenvalue weighted by Gasteiger charge is 2.06. The second-order valence-electron chi connectivity index (χ2n) is 4.31. The molecule has 0 aliphatic rings. The smallest absolute Gasteiger partial charge is 0.104 e. The molecule has 2 nitrogen and oxygen atoms in total. The molecular weight excluding hydrogens is 210 g/mol. The zero-order valence-electron chi connectivity index (χ0n) is 10.9. The number of rotatable bonds is 4. The van der Waals surface area contributed by atoms with Crippen LogP contribution in [-0.4, -0.2) is 29.2 Å². The van der Waals surface area contributed by atoms with Crippen molar-refractivity contribution in [1.82, 2.24) is 4.90 Å². The molecule has 0 aromatic heterocycles. The number of hydrogen-bond donors (Lipinski definition) is 1. The van der Waals surface area contributed by atoms with Gasteiger partial charge in [0.2, 0.25) is 0 Å². The maximum absolute atomic E-state index is 8.61. The maximum Gasteiger partial charge on any atom is 0.104 e. The van der Waals surface area contributed by atoms with Gasteiger partial charge in [-0.25, -0.2) is 0 Å². The molecule has 1 rings (SSSR count). The summed E-state index contributed by atoms with van der Waals surface area (Å²) in [6.45, 7) is 8.56. The standard InChI is InChI=1S/C15H21NO/c1-4-16(13(2)3)12-15-9-7-14(8-10-15)6-5-11-17/h7-10,13,17H,4,11-12H2,1-3H3. The summed E-state index contributed by atoms with van der Waals surface area (Å²) in [4.78, 5) is 2.41. The summed E-state index contributed by atoms with van der Waals surface area (Å²) < 4.78 is 0. The number of aliphatic hydroxyl groups is 1. The molecule has 1 N–H and O–H groups in total. The Morgan fingerprint density at radius 1 is 1.24 bits per heavy atom.